The topological polar surface area (TPSA) is 41.1 Å². The highest BCUT2D eigenvalue weighted by Crippen LogP contribution is 2.11. The Morgan fingerprint density at radius 3 is 2.45 bits per heavy atom. The van der Waals surface area contributed by atoms with Gasteiger partial charge in [-0.1, -0.05) is 26.0 Å². The maximum absolute atomic E-state index is 12.9. The molecule has 0 fully saturated rings. The average Bonchev–Trinajstić information content (AvgIpc) is 2.40. The summed E-state index contributed by atoms with van der Waals surface area (Å²) in [6, 6.07) is 6.56. The fourth-order valence-electron chi connectivity index (χ4n) is 2.03. The van der Waals surface area contributed by atoms with Crippen molar-refractivity contribution in [3.05, 3.63) is 35.6 Å². The van der Waals surface area contributed by atoms with Crippen LogP contribution in [0.4, 0.5) is 4.39 Å². The molecule has 1 amide bonds. The van der Waals surface area contributed by atoms with Crippen molar-refractivity contribution in [1.82, 2.24) is 10.6 Å². The van der Waals surface area contributed by atoms with Crippen LogP contribution in [0.1, 0.15) is 32.3 Å². The van der Waals surface area contributed by atoms with Crippen LogP contribution >= 0.6 is 0 Å². The number of nitrogens with one attached hydrogen (secondary N) is 2. The first-order valence-corrected chi connectivity index (χ1v) is 7.21. The van der Waals surface area contributed by atoms with Crippen LogP contribution in [0.25, 0.3) is 0 Å². The van der Waals surface area contributed by atoms with Gasteiger partial charge in [-0.05, 0) is 50.0 Å². The molecule has 3 nitrogen and oxygen atoms in total. The molecule has 4 heteroatoms. The number of carbonyl (C=O) groups is 1. The monoisotopic (exact) mass is 280 g/mol. The Morgan fingerprint density at radius 1 is 1.25 bits per heavy atom. The molecule has 0 bridgehead atoms. The minimum absolute atomic E-state index is 0.0843. The molecular weight excluding hydrogens is 255 g/mol. The summed E-state index contributed by atoms with van der Waals surface area (Å²) in [6.45, 7) is 5.02. The SMILES string of the molecule is CNCCCC(=O)NC(Cc1ccc(F)cc1)C(C)C. The van der Waals surface area contributed by atoms with Gasteiger partial charge in [0, 0.05) is 12.5 Å². The summed E-state index contributed by atoms with van der Waals surface area (Å²) >= 11 is 0. The van der Waals surface area contributed by atoms with Gasteiger partial charge in [0.2, 0.25) is 5.91 Å². The summed E-state index contributed by atoms with van der Waals surface area (Å²) in [5.41, 5.74) is 1.04. The fraction of sp³-hybridized carbons (Fsp3) is 0.562. The summed E-state index contributed by atoms with van der Waals surface area (Å²) in [5, 5.41) is 6.11. The van der Waals surface area contributed by atoms with Crippen molar-refractivity contribution in [2.24, 2.45) is 5.92 Å². The van der Waals surface area contributed by atoms with Gasteiger partial charge in [0.25, 0.3) is 0 Å². The van der Waals surface area contributed by atoms with E-state index < -0.39 is 0 Å². The van der Waals surface area contributed by atoms with Gasteiger partial charge in [-0.15, -0.1) is 0 Å². The number of benzene rings is 1. The Balaban J connectivity index is 2.52. The molecule has 2 N–H and O–H groups in total. The van der Waals surface area contributed by atoms with Crippen LogP contribution in [0, 0.1) is 11.7 Å². The summed E-state index contributed by atoms with van der Waals surface area (Å²) in [4.78, 5) is 11.9. The van der Waals surface area contributed by atoms with Crippen LogP contribution in [-0.2, 0) is 11.2 Å². The quantitative estimate of drug-likeness (QED) is 0.718. The summed E-state index contributed by atoms with van der Waals surface area (Å²) in [5.74, 6) is 0.195. The third-order valence-electron chi connectivity index (χ3n) is 3.35. The third kappa shape index (κ3) is 6.15. The van der Waals surface area contributed by atoms with E-state index in [0.717, 1.165) is 24.9 Å². The van der Waals surface area contributed by atoms with Gasteiger partial charge in [0.1, 0.15) is 5.82 Å². The molecule has 0 radical (unpaired) electrons. The highest BCUT2D eigenvalue weighted by Gasteiger charge is 2.16. The Hall–Kier alpha value is -1.42. The molecule has 1 rings (SSSR count). The standard InChI is InChI=1S/C16H25FN2O/c1-12(2)15(19-16(20)5-4-10-18-3)11-13-6-8-14(17)9-7-13/h6-9,12,15,18H,4-5,10-11H2,1-3H3,(H,19,20). The first kappa shape index (κ1) is 16.6. The second-order valence-corrected chi connectivity index (χ2v) is 5.46. The van der Waals surface area contributed by atoms with Gasteiger partial charge < -0.3 is 10.6 Å². The zero-order chi connectivity index (χ0) is 15.0. The van der Waals surface area contributed by atoms with Crippen molar-refractivity contribution in [3.8, 4) is 0 Å². The van der Waals surface area contributed by atoms with Crippen LogP contribution in [0.5, 0.6) is 0 Å². The molecule has 1 aromatic carbocycles. The molecule has 1 atom stereocenters. The van der Waals surface area contributed by atoms with E-state index in [1.165, 1.54) is 12.1 Å². The first-order chi connectivity index (χ1) is 9.52. The van der Waals surface area contributed by atoms with E-state index in [9.17, 15) is 9.18 Å². The summed E-state index contributed by atoms with van der Waals surface area (Å²) in [6.07, 6.45) is 2.10. The Bertz CT molecular complexity index is 403. The van der Waals surface area contributed by atoms with Gasteiger partial charge in [-0.2, -0.15) is 0 Å². The van der Waals surface area contributed by atoms with Crippen molar-refractivity contribution < 1.29 is 9.18 Å². The van der Waals surface area contributed by atoms with Crippen LogP contribution in [0.2, 0.25) is 0 Å². The Labute approximate surface area is 121 Å². The van der Waals surface area contributed by atoms with E-state index in [2.05, 4.69) is 24.5 Å². The third-order valence-corrected chi connectivity index (χ3v) is 3.35. The van der Waals surface area contributed by atoms with Crippen molar-refractivity contribution in [2.45, 2.75) is 39.2 Å². The second kappa shape index (κ2) is 8.69. The van der Waals surface area contributed by atoms with Crippen molar-refractivity contribution in [3.63, 3.8) is 0 Å². The molecule has 112 valence electrons. The molecule has 0 aliphatic rings. The number of hydrogen-bond donors (Lipinski definition) is 2. The van der Waals surface area contributed by atoms with E-state index in [1.54, 1.807) is 12.1 Å². The highest BCUT2D eigenvalue weighted by molar-refractivity contribution is 5.76. The molecule has 0 spiro atoms. The maximum atomic E-state index is 12.9. The number of amides is 1. The smallest absolute Gasteiger partial charge is 0.220 e. The van der Waals surface area contributed by atoms with Gasteiger partial charge in [0.15, 0.2) is 0 Å². The van der Waals surface area contributed by atoms with Crippen molar-refractivity contribution in [1.29, 1.82) is 0 Å². The number of hydrogen-bond acceptors (Lipinski definition) is 2. The van der Waals surface area contributed by atoms with Gasteiger partial charge in [0.05, 0.1) is 0 Å². The Kier molecular flexibility index (Phi) is 7.23. The molecule has 0 heterocycles. The van der Waals surface area contributed by atoms with Gasteiger partial charge in [-0.3, -0.25) is 4.79 Å². The van der Waals surface area contributed by atoms with Gasteiger partial charge >= 0.3 is 0 Å². The lowest BCUT2D eigenvalue weighted by Crippen LogP contribution is -2.40. The lowest BCUT2D eigenvalue weighted by Gasteiger charge is -2.22. The second-order valence-electron chi connectivity index (χ2n) is 5.46. The predicted molar refractivity (Wildman–Crippen MR) is 80.0 cm³/mol. The zero-order valence-electron chi connectivity index (χ0n) is 12.6. The van der Waals surface area contributed by atoms with E-state index in [0.29, 0.717) is 12.3 Å². The lowest BCUT2D eigenvalue weighted by atomic mass is 9.96. The molecule has 20 heavy (non-hydrogen) atoms. The molecule has 0 aliphatic heterocycles. The predicted octanol–water partition coefficient (Wildman–Crippen LogP) is 2.51. The normalized spacial score (nSPS) is 12.4. The minimum atomic E-state index is -0.231. The first-order valence-electron chi connectivity index (χ1n) is 7.21. The van der Waals surface area contributed by atoms with E-state index in [4.69, 9.17) is 0 Å². The number of halogens is 1. The van der Waals surface area contributed by atoms with Crippen molar-refractivity contribution >= 4 is 5.91 Å². The fourth-order valence-corrected chi connectivity index (χ4v) is 2.03. The van der Waals surface area contributed by atoms with Crippen LogP contribution in [-0.4, -0.2) is 25.5 Å². The minimum Gasteiger partial charge on any atom is -0.353 e. The average molecular weight is 280 g/mol. The molecule has 0 aliphatic carbocycles. The summed E-state index contributed by atoms with van der Waals surface area (Å²) in [7, 11) is 1.88. The number of carbonyl (C=O) groups excluding carboxylic acids is 1. The van der Waals surface area contributed by atoms with Crippen LogP contribution in [0.3, 0.4) is 0 Å². The lowest BCUT2D eigenvalue weighted by molar-refractivity contribution is -0.122. The Morgan fingerprint density at radius 2 is 1.90 bits per heavy atom. The van der Waals surface area contributed by atoms with Crippen LogP contribution < -0.4 is 10.6 Å². The van der Waals surface area contributed by atoms with Gasteiger partial charge in [-0.25, -0.2) is 4.39 Å². The van der Waals surface area contributed by atoms with Crippen molar-refractivity contribution in [2.75, 3.05) is 13.6 Å². The highest BCUT2D eigenvalue weighted by atomic mass is 19.1. The molecule has 0 saturated heterocycles. The molecule has 0 aromatic heterocycles. The van der Waals surface area contributed by atoms with E-state index in [1.807, 2.05) is 7.05 Å². The summed E-state index contributed by atoms with van der Waals surface area (Å²) < 4.78 is 12.9. The van der Waals surface area contributed by atoms with E-state index in [-0.39, 0.29) is 17.8 Å². The number of rotatable bonds is 8. The molecule has 1 aromatic rings. The maximum Gasteiger partial charge on any atom is 0.220 e. The molecular formula is C16H25FN2O. The largest absolute Gasteiger partial charge is 0.353 e. The van der Waals surface area contributed by atoms with E-state index >= 15 is 0 Å². The molecule has 1 unspecified atom stereocenters. The van der Waals surface area contributed by atoms with Crippen LogP contribution in [0.15, 0.2) is 24.3 Å². The molecule has 0 saturated carbocycles. The zero-order valence-corrected chi connectivity index (χ0v) is 12.6.